The lowest BCUT2D eigenvalue weighted by Gasteiger charge is -2.39. The molecular weight excluding hydrogens is 244 g/mol. The summed E-state index contributed by atoms with van der Waals surface area (Å²) >= 11 is 0. The first-order chi connectivity index (χ1) is 9.08. The molecule has 1 saturated heterocycles. The second kappa shape index (κ2) is 5.42. The van der Waals surface area contributed by atoms with Crippen LogP contribution in [-0.2, 0) is 16.6 Å². The Balaban J connectivity index is 2.38. The van der Waals surface area contributed by atoms with Crippen molar-refractivity contribution in [1.82, 2.24) is 20.0 Å². The molecular formula is C13H20N4O2. The first kappa shape index (κ1) is 13.6. The second-order valence-corrected chi connectivity index (χ2v) is 4.83. The van der Waals surface area contributed by atoms with Crippen LogP contribution in [-0.4, -0.2) is 40.1 Å². The number of hydrogen-bond acceptors (Lipinski definition) is 3. The van der Waals surface area contributed by atoms with Gasteiger partial charge in [-0.1, -0.05) is 0 Å². The van der Waals surface area contributed by atoms with Crippen LogP contribution in [0.3, 0.4) is 0 Å². The summed E-state index contributed by atoms with van der Waals surface area (Å²) in [7, 11) is 3.47. The molecule has 19 heavy (non-hydrogen) atoms. The third-order valence-electron chi connectivity index (χ3n) is 3.70. The van der Waals surface area contributed by atoms with E-state index in [0.717, 1.165) is 5.56 Å². The molecule has 1 N–H and O–H groups in total. The molecule has 0 aromatic carbocycles. The molecule has 0 spiro atoms. The maximum atomic E-state index is 12.0. The highest BCUT2D eigenvalue weighted by molar-refractivity contribution is 5.84. The van der Waals surface area contributed by atoms with Crippen LogP contribution in [0.4, 0.5) is 0 Å². The second-order valence-electron chi connectivity index (χ2n) is 4.83. The van der Waals surface area contributed by atoms with Gasteiger partial charge in [0, 0.05) is 38.8 Å². The van der Waals surface area contributed by atoms with Crippen molar-refractivity contribution < 1.29 is 9.59 Å². The van der Waals surface area contributed by atoms with Gasteiger partial charge in [0.05, 0.1) is 18.2 Å². The average Bonchev–Trinajstić information content (AvgIpc) is 2.83. The number of carbonyl (C=O) groups is 2. The number of nitrogens with one attached hydrogen (secondary N) is 1. The smallest absolute Gasteiger partial charge is 0.225 e. The maximum Gasteiger partial charge on any atom is 0.225 e. The van der Waals surface area contributed by atoms with Crippen molar-refractivity contribution in [1.29, 1.82) is 0 Å². The molecule has 6 nitrogen and oxygen atoms in total. The van der Waals surface area contributed by atoms with Crippen LogP contribution in [0.25, 0.3) is 0 Å². The van der Waals surface area contributed by atoms with E-state index in [0.29, 0.717) is 19.4 Å². The van der Waals surface area contributed by atoms with E-state index in [-0.39, 0.29) is 23.8 Å². The van der Waals surface area contributed by atoms with Crippen LogP contribution >= 0.6 is 0 Å². The monoisotopic (exact) mass is 264 g/mol. The lowest BCUT2D eigenvalue weighted by Crippen LogP contribution is -2.47. The van der Waals surface area contributed by atoms with E-state index in [2.05, 4.69) is 10.4 Å². The van der Waals surface area contributed by atoms with Crippen LogP contribution in [0, 0.1) is 5.92 Å². The van der Waals surface area contributed by atoms with E-state index in [1.54, 1.807) is 22.8 Å². The summed E-state index contributed by atoms with van der Waals surface area (Å²) in [5.74, 6) is -0.108. The number of nitrogens with zero attached hydrogens (tertiary/aromatic N) is 3. The molecule has 2 amide bonds. The molecule has 1 aliphatic heterocycles. The lowest BCUT2D eigenvalue weighted by molar-refractivity contribution is -0.143. The largest absolute Gasteiger partial charge is 0.359 e. The van der Waals surface area contributed by atoms with E-state index in [4.69, 9.17) is 0 Å². The average molecular weight is 264 g/mol. The van der Waals surface area contributed by atoms with Gasteiger partial charge in [0.1, 0.15) is 0 Å². The highest BCUT2D eigenvalue weighted by Crippen LogP contribution is 2.36. The molecule has 1 aromatic heterocycles. The van der Waals surface area contributed by atoms with Crippen LogP contribution in [0.1, 0.15) is 31.4 Å². The number of aryl methyl sites for hydroxylation is 1. The van der Waals surface area contributed by atoms with Gasteiger partial charge in [0.25, 0.3) is 0 Å². The van der Waals surface area contributed by atoms with Crippen molar-refractivity contribution in [2.24, 2.45) is 13.0 Å². The Labute approximate surface area is 112 Å². The number of carbonyl (C=O) groups excluding carboxylic acids is 2. The minimum atomic E-state index is -0.208. The third kappa shape index (κ3) is 2.47. The Kier molecular flexibility index (Phi) is 3.87. The SMILES string of the molecule is CCN1C(=O)CC[C@@H](C(=O)NC)[C@H]1c1cnn(C)c1. The fourth-order valence-corrected chi connectivity index (χ4v) is 2.79. The number of likely N-dealkylation sites (tertiary alicyclic amines) is 1. The molecule has 0 saturated carbocycles. The summed E-state index contributed by atoms with van der Waals surface area (Å²) in [4.78, 5) is 25.9. The van der Waals surface area contributed by atoms with Gasteiger partial charge in [0.15, 0.2) is 0 Å². The van der Waals surface area contributed by atoms with Crippen molar-refractivity contribution >= 4 is 11.8 Å². The molecule has 2 heterocycles. The number of rotatable bonds is 3. The van der Waals surface area contributed by atoms with Crippen molar-refractivity contribution in [2.75, 3.05) is 13.6 Å². The van der Waals surface area contributed by atoms with Crippen LogP contribution < -0.4 is 5.32 Å². The first-order valence-corrected chi connectivity index (χ1v) is 6.58. The number of amides is 2. The third-order valence-corrected chi connectivity index (χ3v) is 3.70. The molecule has 2 rings (SSSR count). The number of hydrogen-bond donors (Lipinski definition) is 1. The molecule has 1 aromatic rings. The number of piperidine rings is 1. The minimum Gasteiger partial charge on any atom is -0.359 e. The fourth-order valence-electron chi connectivity index (χ4n) is 2.79. The molecule has 0 radical (unpaired) electrons. The van der Waals surface area contributed by atoms with Crippen LogP contribution in [0.2, 0.25) is 0 Å². The molecule has 1 aliphatic rings. The zero-order valence-corrected chi connectivity index (χ0v) is 11.6. The van der Waals surface area contributed by atoms with Gasteiger partial charge >= 0.3 is 0 Å². The molecule has 0 unspecified atom stereocenters. The summed E-state index contributed by atoms with van der Waals surface area (Å²) in [6.07, 6.45) is 4.64. The Morgan fingerprint density at radius 1 is 1.58 bits per heavy atom. The predicted octanol–water partition coefficient (Wildman–Crippen LogP) is 0.466. The lowest BCUT2D eigenvalue weighted by atomic mass is 9.84. The van der Waals surface area contributed by atoms with Crippen molar-refractivity contribution in [3.8, 4) is 0 Å². The van der Waals surface area contributed by atoms with Gasteiger partial charge in [-0.15, -0.1) is 0 Å². The van der Waals surface area contributed by atoms with E-state index >= 15 is 0 Å². The molecule has 0 bridgehead atoms. The van der Waals surface area contributed by atoms with E-state index in [9.17, 15) is 9.59 Å². The fraction of sp³-hybridized carbons (Fsp3) is 0.615. The summed E-state index contributed by atoms with van der Waals surface area (Å²) < 4.78 is 1.70. The highest BCUT2D eigenvalue weighted by Gasteiger charge is 2.40. The maximum absolute atomic E-state index is 12.0. The summed E-state index contributed by atoms with van der Waals surface area (Å²) in [6.45, 7) is 2.54. The van der Waals surface area contributed by atoms with Crippen LogP contribution in [0.15, 0.2) is 12.4 Å². The summed E-state index contributed by atoms with van der Waals surface area (Å²) in [6, 6.07) is -0.208. The Bertz CT molecular complexity index is 483. The van der Waals surface area contributed by atoms with Gasteiger partial charge in [0.2, 0.25) is 11.8 Å². The van der Waals surface area contributed by atoms with Gasteiger partial charge in [-0.2, -0.15) is 5.10 Å². The molecule has 1 fully saturated rings. The minimum absolute atomic E-state index is 0.0141. The van der Waals surface area contributed by atoms with Gasteiger partial charge in [-0.3, -0.25) is 14.3 Å². The highest BCUT2D eigenvalue weighted by atomic mass is 16.2. The van der Waals surface area contributed by atoms with E-state index < -0.39 is 0 Å². The predicted molar refractivity (Wildman–Crippen MR) is 70.1 cm³/mol. The summed E-state index contributed by atoms with van der Waals surface area (Å²) in [5, 5.41) is 6.85. The molecule has 0 aliphatic carbocycles. The van der Waals surface area contributed by atoms with Crippen LogP contribution in [0.5, 0.6) is 0 Å². The Hall–Kier alpha value is -1.85. The van der Waals surface area contributed by atoms with Crippen molar-refractivity contribution in [3.05, 3.63) is 18.0 Å². The normalized spacial score (nSPS) is 23.5. The Morgan fingerprint density at radius 2 is 2.32 bits per heavy atom. The van der Waals surface area contributed by atoms with Crippen molar-refractivity contribution in [2.45, 2.75) is 25.8 Å². The van der Waals surface area contributed by atoms with Gasteiger partial charge in [-0.25, -0.2) is 0 Å². The standard InChI is InChI=1S/C13H20N4O2/c1-4-17-11(18)6-5-10(13(19)14-2)12(17)9-7-15-16(3)8-9/h7-8,10,12H,4-6H2,1-3H3,(H,14,19)/t10-,12-/m1/s1. The van der Waals surface area contributed by atoms with Gasteiger partial charge < -0.3 is 10.2 Å². The zero-order valence-electron chi connectivity index (χ0n) is 11.6. The quantitative estimate of drug-likeness (QED) is 0.862. The molecule has 6 heteroatoms. The number of aromatic nitrogens is 2. The van der Waals surface area contributed by atoms with E-state index in [1.807, 2.05) is 20.2 Å². The van der Waals surface area contributed by atoms with E-state index in [1.165, 1.54) is 0 Å². The Morgan fingerprint density at radius 3 is 2.84 bits per heavy atom. The zero-order chi connectivity index (χ0) is 14.0. The molecule has 104 valence electrons. The van der Waals surface area contributed by atoms with Crippen molar-refractivity contribution in [3.63, 3.8) is 0 Å². The first-order valence-electron chi connectivity index (χ1n) is 6.58. The molecule has 2 atom stereocenters. The van der Waals surface area contributed by atoms with Gasteiger partial charge in [-0.05, 0) is 13.3 Å². The summed E-state index contributed by atoms with van der Waals surface area (Å²) in [5.41, 5.74) is 0.922. The topological polar surface area (TPSA) is 67.2 Å².